The zero-order chi connectivity index (χ0) is 14.4. The van der Waals surface area contributed by atoms with Gasteiger partial charge in [-0.2, -0.15) is 0 Å². The van der Waals surface area contributed by atoms with Gasteiger partial charge in [0.15, 0.2) is 0 Å². The normalized spacial score (nSPS) is 12.1. The van der Waals surface area contributed by atoms with E-state index in [2.05, 4.69) is 11.9 Å². The van der Waals surface area contributed by atoms with Gasteiger partial charge in [0.1, 0.15) is 0 Å². The van der Waals surface area contributed by atoms with E-state index >= 15 is 0 Å². The molecule has 0 aromatic carbocycles. The molecule has 1 rings (SSSR count). The van der Waals surface area contributed by atoms with Crippen LogP contribution < -0.4 is 4.90 Å². The summed E-state index contributed by atoms with van der Waals surface area (Å²) in [6.45, 7) is 4.90. The number of aliphatic hydroxyl groups is 1. The zero-order valence-corrected chi connectivity index (χ0v) is 12.1. The molecule has 19 heavy (non-hydrogen) atoms. The lowest BCUT2D eigenvalue weighted by atomic mass is 10.2. The molecule has 1 aromatic heterocycles. The number of hydrogen-bond acceptors (Lipinski definition) is 4. The van der Waals surface area contributed by atoms with Crippen LogP contribution in [-0.2, 0) is 4.79 Å². The van der Waals surface area contributed by atoms with E-state index in [-0.39, 0.29) is 5.91 Å². The lowest BCUT2D eigenvalue weighted by Crippen LogP contribution is -2.37. The minimum absolute atomic E-state index is 0.0630. The summed E-state index contributed by atoms with van der Waals surface area (Å²) in [7, 11) is 3.50. The maximum Gasteiger partial charge on any atom is 0.241 e. The van der Waals surface area contributed by atoms with Crippen molar-refractivity contribution in [2.24, 2.45) is 0 Å². The Balaban J connectivity index is 2.83. The van der Waals surface area contributed by atoms with Crippen LogP contribution in [-0.4, -0.2) is 48.1 Å². The molecule has 0 aliphatic heterocycles. The molecule has 0 saturated carbocycles. The summed E-state index contributed by atoms with van der Waals surface area (Å²) in [5.41, 5.74) is 1.54. The molecule has 1 N–H and O–H groups in total. The van der Waals surface area contributed by atoms with Crippen LogP contribution in [0.25, 0.3) is 0 Å². The first-order valence-corrected chi connectivity index (χ1v) is 6.54. The minimum atomic E-state index is -0.572. The minimum Gasteiger partial charge on any atom is -0.387 e. The molecule has 0 spiro atoms. The average molecular weight is 265 g/mol. The standard InChI is InChI=1S/C14H23N3O2/c1-5-8-17(10-14(19)16(3)4)12-6-7-13(11(2)18)15-9-12/h6-7,9,11,18H,5,8,10H2,1-4H3/t11-/m0/s1. The van der Waals surface area contributed by atoms with Crippen LogP contribution in [0.4, 0.5) is 5.69 Å². The Kier molecular flexibility index (Phi) is 5.76. The Morgan fingerprint density at radius 1 is 1.42 bits per heavy atom. The molecular formula is C14H23N3O2. The van der Waals surface area contributed by atoms with E-state index in [0.717, 1.165) is 18.7 Å². The van der Waals surface area contributed by atoms with E-state index in [4.69, 9.17) is 0 Å². The second-order valence-corrected chi connectivity index (χ2v) is 4.83. The van der Waals surface area contributed by atoms with Crippen molar-refractivity contribution in [1.82, 2.24) is 9.88 Å². The molecule has 0 fully saturated rings. The Bertz CT molecular complexity index is 402. The van der Waals surface area contributed by atoms with E-state index in [9.17, 15) is 9.90 Å². The van der Waals surface area contributed by atoms with Crippen molar-refractivity contribution in [3.63, 3.8) is 0 Å². The molecule has 0 aliphatic carbocycles. The lowest BCUT2D eigenvalue weighted by Gasteiger charge is -2.25. The average Bonchev–Trinajstić information content (AvgIpc) is 2.38. The van der Waals surface area contributed by atoms with Gasteiger partial charge in [0.05, 0.1) is 30.2 Å². The first-order valence-electron chi connectivity index (χ1n) is 6.54. The number of likely N-dealkylation sites (N-methyl/N-ethyl adjacent to an activating group) is 1. The number of pyridine rings is 1. The Labute approximate surface area is 114 Å². The summed E-state index contributed by atoms with van der Waals surface area (Å²) in [6.07, 6.45) is 2.09. The van der Waals surface area contributed by atoms with Crippen LogP contribution in [0.2, 0.25) is 0 Å². The monoisotopic (exact) mass is 265 g/mol. The Morgan fingerprint density at radius 2 is 2.11 bits per heavy atom. The largest absolute Gasteiger partial charge is 0.387 e. The fourth-order valence-electron chi connectivity index (χ4n) is 1.71. The number of carbonyl (C=O) groups is 1. The molecule has 0 saturated heterocycles. The predicted octanol–water partition coefficient (Wildman–Crippen LogP) is 1.44. The molecule has 106 valence electrons. The third-order valence-electron chi connectivity index (χ3n) is 2.88. The highest BCUT2D eigenvalue weighted by Crippen LogP contribution is 2.16. The number of anilines is 1. The molecule has 1 atom stereocenters. The molecule has 0 aliphatic rings. The van der Waals surface area contributed by atoms with Crippen molar-refractivity contribution in [3.8, 4) is 0 Å². The Morgan fingerprint density at radius 3 is 2.53 bits per heavy atom. The quantitative estimate of drug-likeness (QED) is 0.845. The summed E-state index contributed by atoms with van der Waals surface area (Å²) in [5, 5.41) is 9.44. The van der Waals surface area contributed by atoms with Crippen LogP contribution in [0.5, 0.6) is 0 Å². The molecule has 0 radical (unpaired) electrons. The summed E-state index contributed by atoms with van der Waals surface area (Å²) >= 11 is 0. The SMILES string of the molecule is CCCN(CC(=O)N(C)C)c1ccc([C@H](C)O)nc1. The van der Waals surface area contributed by atoms with Crippen LogP contribution in [0.3, 0.4) is 0 Å². The number of aromatic nitrogens is 1. The molecule has 1 heterocycles. The molecule has 1 aromatic rings. The van der Waals surface area contributed by atoms with Crippen LogP contribution in [0, 0.1) is 0 Å². The van der Waals surface area contributed by atoms with Gasteiger partial charge in [0, 0.05) is 20.6 Å². The topological polar surface area (TPSA) is 56.7 Å². The maximum absolute atomic E-state index is 11.8. The van der Waals surface area contributed by atoms with Crippen molar-refractivity contribution in [3.05, 3.63) is 24.0 Å². The van der Waals surface area contributed by atoms with Crippen molar-refractivity contribution in [1.29, 1.82) is 0 Å². The van der Waals surface area contributed by atoms with Crippen LogP contribution in [0.1, 0.15) is 32.1 Å². The predicted molar refractivity (Wildman–Crippen MR) is 76.1 cm³/mol. The Hall–Kier alpha value is -1.62. The van der Waals surface area contributed by atoms with Gasteiger partial charge in [0.2, 0.25) is 5.91 Å². The number of rotatable bonds is 6. The third kappa shape index (κ3) is 4.52. The highest BCUT2D eigenvalue weighted by Gasteiger charge is 2.13. The van der Waals surface area contributed by atoms with Crippen molar-refractivity contribution >= 4 is 11.6 Å². The van der Waals surface area contributed by atoms with Gasteiger partial charge in [-0.25, -0.2) is 0 Å². The maximum atomic E-state index is 11.8. The van der Waals surface area contributed by atoms with E-state index in [0.29, 0.717) is 12.2 Å². The van der Waals surface area contributed by atoms with Crippen molar-refractivity contribution < 1.29 is 9.90 Å². The second kappa shape index (κ2) is 7.09. The highest BCUT2D eigenvalue weighted by atomic mass is 16.3. The van der Waals surface area contributed by atoms with E-state index in [1.165, 1.54) is 0 Å². The molecule has 0 unspecified atom stereocenters. The smallest absolute Gasteiger partial charge is 0.241 e. The zero-order valence-electron chi connectivity index (χ0n) is 12.1. The first-order chi connectivity index (χ1) is 8.95. The summed E-state index contributed by atoms with van der Waals surface area (Å²) in [5.74, 6) is 0.0630. The van der Waals surface area contributed by atoms with Gasteiger partial charge < -0.3 is 14.9 Å². The van der Waals surface area contributed by atoms with E-state index in [1.807, 2.05) is 11.0 Å². The van der Waals surface area contributed by atoms with Crippen molar-refractivity contribution in [2.45, 2.75) is 26.4 Å². The summed E-state index contributed by atoms with van der Waals surface area (Å²) in [4.78, 5) is 19.6. The van der Waals surface area contributed by atoms with Gasteiger partial charge in [-0.05, 0) is 25.5 Å². The van der Waals surface area contributed by atoms with E-state index < -0.39 is 6.10 Å². The van der Waals surface area contributed by atoms with Gasteiger partial charge >= 0.3 is 0 Å². The molecule has 5 nitrogen and oxygen atoms in total. The summed E-state index contributed by atoms with van der Waals surface area (Å²) < 4.78 is 0. The van der Waals surface area contributed by atoms with Gasteiger partial charge in [-0.3, -0.25) is 9.78 Å². The number of hydrogen-bond donors (Lipinski definition) is 1. The van der Waals surface area contributed by atoms with Gasteiger partial charge in [-0.1, -0.05) is 6.92 Å². The van der Waals surface area contributed by atoms with Gasteiger partial charge in [-0.15, -0.1) is 0 Å². The molecule has 0 bridgehead atoms. The van der Waals surface area contributed by atoms with E-state index in [1.54, 1.807) is 38.2 Å². The molecular weight excluding hydrogens is 242 g/mol. The molecule has 1 amide bonds. The van der Waals surface area contributed by atoms with Crippen LogP contribution >= 0.6 is 0 Å². The number of nitrogens with zero attached hydrogens (tertiary/aromatic N) is 3. The van der Waals surface area contributed by atoms with Crippen molar-refractivity contribution in [2.75, 3.05) is 32.1 Å². The number of amides is 1. The number of aliphatic hydroxyl groups excluding tert-OH is 1. The summed E-state index contributed by atoms with van der Waals surface area (Å²) in [6, 6.07) is 3.69. The fourth-order valence-corrected chi connectivity index (χ4v) is 1.71. The highest BCUT2D eigenvalue weighted by molar-refractivity contribution is 5.80. The second-order valence-electron chi connectivity index (χ2n) is 4.83. The van der Waals surface area contributed by atoms with Gasteiger partial charge in [0.25, 0.3) is 0 Å². The number of carbonyl (C=O) groups excluding carboxylic acids is 1. The third-order valence-corrected chi connectivity index (χ3v) is 2.88. The molecule has 5 heteroatoms. The fraction of sp³-hybridized carbons (Fsp3) is 0.571. The van der Waals surface area contributed by atoms with Crippen LogP contribution in [0.15, 0.2) is 18.3 Å². The lowest BCUT2D eigenvalue weighted by molar-refractivity contribution is -0.127. The first kappa shape index (κ1) is 15.4.